The molecule has 0 aromatic carbocycles. The summed E-state index contributed by atoms with van der Waals surface area (Å²) in [6, 6.07) is 1.46. The molecule has 0 aliphatic carbocycles. The van der Waals surface area contributed by atoms with E-state index in [1.54, 1.807) is 19.4 Å². The van der Waals surface area contributed by atoms with Gasteiger partial charge in [0.05, 0.1) is 25.4 Å². The highest BCUT2D eigenvalue weighted by atomic mass is 16.5. The number of nitrogens with one attached hydrogen (secondary N) is 1. The van der Waals surface area contributed by atoms with E-state index in [0.29, 0.717) is 18.4 Å². The number of aliphatic hydroxyl groups excluding tert-OH is 1. The van der Waals surface area contributed by atoms with Crippen molar-refractivity contribution in [1.29, 1.82) is 0 Å². The third-order valence-electron chi connectivity index (χ3n) is 1.91. The van der Waals surface area contributed by atoms with E-state index >= 15 is 0 Å². The van der Waals surface area contributed by atoms with Crippen LogP contribution in [0.3, 0.4) is 0 Å². The van der Waals surface area contributed by atoms with Gasteiger partial charge in [-0.2, -0.15) is 4.98 Å². The van der Waals surface area contributed by atoms with Crippen LogP contribution in [0, 0.1) is 0 Å². The second-order valence-electron chi connectivity index (χ2n) is 3.86. The van der Waals surface area contributed by atoms with Crippen molar-refractivity contribution in [2.45, 2.75) is 26.0 Å². The molecule has 1 unspecified atom stereocenters. The van der Waals surface area contributed by atoms with E-state index in [0.717, 1.165) is 0 Å². The Hall–Kier alpha value is -1.40. The number of aliphatic hydroxyl groups is 1. The van der Waals surface area contributed by atoms with Gasteiger partial charge < -0.3 is 19.9 Å². The monoisotopic (exact) mass is 241 g/mol. The third-order valence-corrected chi connectivity index (χ3v) is 1.91. The van der Waals surface area contributed by atoms with E-state index in [1.807, 2.05) is 13.8 Å². The maximum Gasteiger partial charge on any atom is 0.226 e. The molecule has 0 saturated heterocycles. The molecule has 0 spiro atoms. The Bertz CT molecular complexity index is 333. The first-order valence-electron chi connectivity index (χ1n) is 5.51. The summed E-state index contributed by atoms with van der Waals surface area (Å²) in [7, 11) is 1.57. The summed E-state index contributed by atoms with van der Waals surface area (Å²) in [5, 5.41) is 12.1. The predicted octanol–water partition coefficient (Wildman–Crippen LogP) is 0.683. The Labute approximate surface area is 101 Å². The molecule has 1 aromatic rings. The molecule has 0 amide bonds. The van der Waals surface area contributed by atoms with Gasteiger partial charge in [0.25, 0.3) is 0 Å². The highest BCUT2D eigenvalue weighted by Crippen LogP contribution is 2.10. The van der Waals surface area contributed by atoms with Crippen LogP contribution in [-0.4, -0.2) is 47.5 Å². The number of rotatable bonds is 7. The van der Waals surface area contributed by atoms with Crippen molar-refractivity contribution in [2.24, 2.45) is 0 Å². The molecule has 0 aliphatic heterocycles. The van der Waals surface area contributed by atoms with Gasteiger partial charge in [0.1, 0.15) is 0 Å². The van der Waals surface area contributed by atoms with Crippen molar-refractivity contribution >= 4 is 5.95 Å². The molecule has 96 valence electrons. The highest BCUT2D eigenvalue weighted by molar-refractivity contribution is 5.28. The van der Waals surface area contributed by atoms with E-state index in [-0.39, 0.29) is 18.8 Å². The van der Waals surface area contributed by atoms with Crippen LogP contribution in [0.25, 0.3) is 0 Å². The molecule has 0 bridgehead atoms. The summed E-state index contributed by atoms with van der Waals surface area (Å²) in [6.45, 7) is 4.19. The summed E-state index contributed by atoms with van der Waals surface area (Å²) < 4.78 is 10.4. The maximum atomic E-state index is 9.10. The molecule has 6 heteroatoms. The molecule has 0 fully saturated rings. The Morgan fingerprint density at radius 2 is 2.24 bits per heavy atom. The SMILES string of the molecule is COCC(CO)Nc1nccc(OC(C)C)n1. The number of ether oxygens (including phenoxy) is 2. The molecule has 2 N–H and O–H groups in total. The normalized spacial score (nSPS) is 12.5. The number of nitrogens with zero attached hydrogens (tertiary/aromatic N) is 2. The lowest BCUT2D eigenvalue weighted by Gasteiger charge is -2.15. The molecule has 1 aromatic heterocycles. The summed E-state index contributed by atoms with van der Waals surface area (Å²) in [5.41, 5.74) is 0. The van der Waals surface area contributed by atoms with Crippen LogP contribution < -0.4 is 10.1 Å². The van der Waals surface area contributed by atoms with Crippen LogP contribution in [0.2, 0.25) is 0 Å². The van der Waals surface area contributed by atoms with Gasteiger partial charge in [0.15, 0.2) is 0 Å². The van der Waals surface area contributed by atoms with Crippen molar-refractivity contribution in [2.75, 3.05) is 25.6 Å². The lowest BCUT2D eigenvalue weighted by Crippen LogP contribution is -2.29. The first kappa shape index (κ1) is 13.7. The fraction of sp³-hybridized carbons (Fsp3) is 0.636. The molecule has 1 heterocycles. The van der Waals surface area contributed by atoms with Crippen LogP contribution in [0.15, 0.2) is 12.3 Å². The smallest absolute Gasteiger partial charge is 0.226 e. The van der Waals surface area contributed by atoms with Crippen LogP contribution in [0.1, 0.15) is 13.8 Å². The van der Waals surface area contributed by atoms with Crippen LogP contribution >= 0.6 is 0 Å². The molecule has 0 saturated carbocycles. The van der Waals surface area contributed by atoms with Crippen molar-refractivity contribution in [3.63, 3.8) is 0 Å². The second-order valence-corrected chi connectivity index (χ2v) is 3.86. The molecule has 0 radical (unpaired) electrons. The van der Waals surface area contributed by atoms with Crippen LogP contribution in [0.5, 0.6) is 5.88 Å². The molecule has 1 rings (SSSR count). The van der Waals surface area contributed by atoms with Crippen molar-refractivity contribution in [3.05, 3.63) is 12.3 Å². The zero-order chi connectivity index (χ0) is 12.7. The number of hydrogen-bond acceptors (Lipinski definition) is 6. The largest absolute Gasteiger partial charge is 0.475 e. The van der Waals surface area contributed by atoms with Crippen molar-refractivity contribution < 1.29 is 14.6 Å². The Morgan fingerprint density at radius 1 is 1.47 bits per heavy atom. The minimum absolute atomic E-state index is 0.0491. The molecule has 0 aliphatic rings. The fourth-order valence-corrected chi connectivity index (χ4v) is 1.24. The molecular weight excluding hydrogens is 222 g/mol. The molecule has 17 heavy (non-hydrogen) atoms. The van der Waals surface area contributed by atoms with Gasteiger partial charge in [-0.25, -0.2) is 4.98 Å². The highest BCUT2D eigenvalue weighted by Gasteiger charge is 2.09. The van der Waals surface area contributed by atoms with Gasteiger partial charge in [-0.3, -0.25) is 0 Å². The third kappa shape index (κ3) is 4.97. The first-order chi connectivity index (χ1) is 8.15. The van der Waals surface area contributed by atoms with E-state index < -0.39 is 0 Å². The minimum atomic E-state index is -0.228. The van der Waals surface area contributed by atoms with Gasteiger partial charge in [0.2, 0.25) is 11.8 Å². The number of anilines is 1. The lowest BCUT2D eigenvalue weighted by atomic mass is 10.3. The fourth-order valence-electron chi connectivity index (χ4n) is 1.24. The zero-order valence-electron chi connectivity index (χ0n) is 10.4. The van der Waals surface area contributed by atoms with Gasteiger partial charge in [-0.05, 0) is 13.8 Å². The molecule has 1 atom stereocenters. The summed E-state index contributed by atoms with van der Waals surface area (Å²) in [4.78, 5) is 8.22. The number of aromatic nitrogens is 2. The summed E-state index contributed by atoms with van der Waals surface area (Å²) in [5.74, 6) is 0.922. The van der Waals surface area contributed by atoms with E-state index in [4.69, 9.17) is 14.6 Å². The quantitative estimate of drug-likeness (QED) is 0.731. The summed E-state index contributed by atoms with van der Waals surface area (Å²) >= 11 is 0. The molecular formula is C11H19N3O3. The van der Waals surface area contributed by atoms with E-state index in [2.05, 4.69) is 15.3 Å². The standard InChI is InChI=1S/C11H19N3O3/c1-8(2)17-10-4-5-12-11(14-10)13-9(6-15)7-16-3/h4-5,8-9,15H,6-7H2,1-3H3,(H,12,13,14). The predicted molar refractivity (Wildman–Crippen MR) is 64.2 cm³/mol. The topological polar surface area (TPSA) is 76.5 Å². The maximum absolute atomic E-state index is 9.10. The lowest BCUT2D eigenvalue weighted by molar-refractivity contribution is 0.153. The van der Waals surface area contributed by atoms with Gasteiger partial charge in [-0.15, -0.1) is 0 Å². The van der Waals surface area contributed by atoms with Gasteiger partial charge in [0, 0.05) is 19.4 Å². The summed E-state index contributed by atoms with van der Waals surface area (Å²) in [6.07, 6.45) is 1.67. The number of hydrogen-bond donors (Lipinski definition) is 2. The first-order valence-corrected chi connectivity index (χ1v) is 5.51. The van der Waals surface area contributed by atoms with E-state index in [1.165, 1.54) is 0 Å². The van der Waals surface area contributed by atoms with Crippen LogP contribution in [-0.2, 0) is 4.74 Å². The second kappa shape index (κ2) is 7.03. The Kier molecular flexibility index (Phi) is 5.65. The van der Waals surface area contributed by atoms with Crippen molar-refractivity contribution in [3.8, 4) is 5.88 Å². The van der Waals surface area contributed by atoms with Crippen molar-refractivity contribution in [1.82, 2.24) is 9.97 Å². The minimum Gasteiger partial charge on any atom is -0.475 e. The zero-order valence-corrected chi connectivity index (χ0v) is 10.4. The Balaban J connectivity index is 2.63. The number of methoxy groups -OCH3 is 1. The van der Waals surface area contributed by atoms with Crippen LogP contribution in [0.4, 0.5) is 5.95 Å². The van der Waals surface area contributed by atoms with E-state index in [9.17, 15) is 0 Å². The average molecular weight is 241 g/mol. The molecule has 6 nitrogen and oxygen atoms in total. The van der Waals surface area contributed by atoms with Gasteiger partial charge >= 0.3 is 0 Å². The average Bonchev–Trinajstić information content (AvgIpc) is 2.28. The Morgan fingerprint density at radius 3 is 2.82 bits per heavy atom. The van der Waals surface area contributed by atoms with Gasteiger partial charge in [-0.1, -0.05) is 0 Å².